The molecule has 5 aromatic rings. The molecule has 0 fully saturated rings. The Labute approximate surface area is 246 Å². The highest BCUT2D eigenvalue weighted by Crippen LogP contribution is 2.42. The van der Waals surface area contributed by atoms with Crippen LogP contribution in [0.25, 0.3) is 0 Å². The first-order valence-electron chi connectivity index (χ1n) is 14.0. The van der Waals surface area contributed by atoms with E-state index in [2.05, 4.69) is 5.32 Å². The highest BCUT2D eigenvalue weighted by molar-refractivity contribution is 5.85. The Morgan fingerprint density at radius 2 is 1.12 bits per heavy atom. The first-order valence-corrected chi connectivity index (χ1v) is 14.0. The van der Waals surface area contributed by atoms with Gasteiger partial charge in [-0.15, -0.1) is 0 Å². The Morgan fingerprint density at radius 3 is 1.62 bits per heavy atom. The topological polar surface area (TPSA) is 75.6 Å². The molecule has 0 unspecified atom stereocenters. The minimum absolute atomic E-state index is 0.0368. The predicted octanol–water partition coefficient (Wildman–Crippen LogP) is 6.80. The van der Waals surface area contributed by atoms with Gasteiger partial charge in [0.25, 0.3) is 0 Å². The number of carbonyl (C=O) groups excluding carboxylic acids is 1. The van der Waals surface area contributed by atoms with Gasteiger partial charge in [-0.25, -0.2) is 4.79 Å². The molecule has 0 radical (unpaired) electrons. The molecule has 0 aliphatic carbocycles. The van der Waals surface area contributed by atoms with Crippen molar-refractivity contribution in [2.75, 3.05) is 0 Å². The Balaban J connectivity index is 1.39. The fourth-order valence-electron chi connectivity index (χ4n) is 5.40. The Kier molecular flexibility index (Phi) is 9.10. The summed E-state index contributed by atoms with van der Waals surface area (Å²) in [4.78, 5) is 26.2. The van der Waals surface area contributed by atoms with E-state index in [0.29, 0.717) is 12.4 Å². The lowest BCUT2D eigenvalue weighted by atomic mass is 9.67. The molecule has 0 heterocycles. The fraction of sp³-hybridized carbons (Fsp3) is 0.135. The lowest BCUT2D eigenvalue weighted by Crippen LogP contribution is -2.45. The standard InChI is InChI=1S/C37H33NO4/c39-35(38-34(36(40)41)25-29-16-13-23-33(24-29)42-27-28-14-5-1-6-15-28)26-37(30-17-7-2-8-18-30,31-19-9-3-10-20-31)32-21-11-4-12-22-32/h1-24,34H,25-27H2,(H,38,39)(H,40,41)/t34-/m0/s1. The Morgan fingerprint density at radius 1 is 0.643 bits per heavy atom. The summed E-state index contributed by atoms with van der Waals surface area (Å²) in [7, 11) is 0. The van der Waals surface area contributed by atoms with E-state index < -0.39 is 17.4 Å². The molecule has 5 nitrogen and oxygen atoms in total. The molecule has 0 saturated heterocycles. The van der Waals surface area contributed by atoms with Crippen molar-refractivity contribution in [3.63, 3.8) is 0 Å². The van der Waals surface area contributed by atoms with Crippen LogP contribution in [0.3, 0.4) is 0 Å². The average molecular weight is 556 g/mol. The predicted molar refractivity (Wildman–Crippen MR) is 164 cm³/mol. The number of rotatable bonds is 12. The molecule has 0 aliphatic heterocycles. The molecule has 5 aromatic carbocycles. The van der Waals surface area contributed by atoms with Crippen molar-refractivity contribution in [3.8, 4) is 5.75 Å². The van der Waals surface area contributed by atoms with Gasteiger partial charge >= 0.3 is 5.97 Å². The van der Waals surface area contributed by atoms with Gasteiger partial charge in [-0.05, 0) is 39.9 Å². The number of hydrogen-bond acceptors (Lipinski definition) is 3. The van der Waals surface area contributed by atoms with Crippen LogP contribution in [0.2, 0.25) is 0 Å². The average Bonchev–Trinajstić information content (AvgIpc) is 3.04. The van der Waals surface area contributed by atoms with Crippen LogP contribution in [-0.2, 0) is 28.0 Å². The number of ether oxygens (including phenoxy) is 1. The van der Waals surface area contributed by atoms with Crippen LogP contribution in [0.1, 0.15) is 34.2 Å². The lowest BCUT2D eigenvalue weighted by molar-refractivity contribution is -0.141. The van der Waals surface area contributed by atoms with E-state index in [0.717, 1.165) is 27.8 Å². The van der Waals surface area contributed by atoms with Crippen LogP contribution in [0.15, 0.2) is 146 Å². The normalized spacial score (nSPS) is 11.8. The van der Waals surface area contributed by atoms with Gasteiger partial charge in [-0.2, -0.15) is 0 Å². The van der Waals surface area contributed by atoms with Crippen LogP contribution < -0.4 is 10.1 Å². The number of benzene rings is 5. The molecular weight excluding hydrogens is 522 g/mol. The summed E-state index contributed by atoms with van der Waals surface area (Å²) in [5.74, 6) is -0.804. The maximum absolute atomic E-state index is 13.8. The second kappa shape index (κ2) is 13.5. The van der Waals surface area contributed by atoms with Crippen molar-refractivity contribution in [3.05, 3.63) is 173 Å². The van der Waals surface area contributed by atoms with Crippen LogP contribution >= 0.6 is 0 Å². The van der Waals surface area contributed by atoms with Crippen molar-refractivity contribution in [1.82, 2.24) is 5.32 Å². The van der Waals surface area contributed by atoms with Gasteiger partial charge in [-0.1, -0.05) is 133 Å². The monoisotopic (exact) mass is 555 g/mol. The van der Waals surface area contributed by atoms with Gasteiger partial charge in [-0.3, -0.25) is 4.79 Å². The quantitative estimate of drug-likeness (QED) is 0.166. The number of nitrogens with one attached hydrogen (secondary N) is 1. The number of carbonyl (C=O) groups is 2. The number of carboxylic acid groups (broad SMARTS) is 1. The molecule has 0 bridgehead atoms. The molecule has 5 heteroatoms. The number of aliphatic carboxylic acids is 1. The second-order valence-corrected chi connectivity index (χ2v) is 10.3. The zero-order valence-electron chi connectivity index (χ0n) is 23.2. The third-order valence-electron chi connectivity index (χ3n) is 7.45. The van der Waals surface area contributed by atoms with E-state index in [1.807, 2.05) is 146 Å². The zero-order chi connectivity index (χ0) is 29.2. The maximum Gasteiger partial charge on any atom is 0.326 e. The first-order chi connectivity index (χ1) is 20.5. The second-order valence-electron chi connectivity index (χ2n) is 10.3. The van der Waals surface area contributed by atoms with Gasteiger partial charge in [0.2, 0.25) is 5.91 Å². The smallest absolute Gasteiger partial charge is 0.326 e. The van der Waals surface area contributed by atoms with Crippen molar-refractivity contribution in [2.24, 2.45) is 0 Å². The van der Waals surface area contributed by atoms with Gasteiger partial charge in [0.15, 0.2) is 0 Å². The van der Waals surface area contributed by atoms with Gasteiger partial charge in [0, 0.05) is 12.8 Å². The minimum Gasteiger partial charge on any atom is -0.489 e. The molecule has 0 aromatic heterocycles. The molecule has 2 N–H and O–H groups in total. The van der Waals surface area contributed by atoms with Gasteiger partial charge < -0.3 is 15.2 Å². The highest BCUT2D eigenvalue weighted by atomic mass is 16.5. The lowest BCUT2D eigenvalue weighted by Gasteiger charge is -2.36. The molecule has 1 atom stereocenters. The summed E-state index contributed by atoms with van der Waals surface area (Å²) in [5.41, 5.74) is 3.83. The number of hydrogen-bond donors (Lipinski definition) is 2. The molecular formula is C37H33NO4. The third kappa shape index (κ3) is 6.76. The first kappa shape index (κ1) is 28.4. The fourth-order valence-corrected chi connectivity index (χ4v) is 5.40. The Bertz CT molecular complexity index is 1490. The molecule has 210 valence electrons. The highest BCUT2D eigenvalue weighted by Gasteiger charge is 2.39. The van der Waals surface area contributed by atoms with E-state index in [9.17, 15) is 14.7 Å². The summed E-state index contributed by atoms with van der Waals surface area (Å²) >= 11 is 0. The number of amides is 1. The van der Waals surface area contributed by atoms with Crippen molar-refractivity contribution in [2.45, 2.75) is 30.9 Å². The third-order valence-corrected chi connectivity index (χ3v) is 7.45. The summed E-state index contributed by atoms with van der Waals surface area (Å²) in [6, 6.07) is 45.8. The molecule has 5 rings (SSSR count). The van der Waals surface area contributed by atoms with Crippen LogP contribution in [0.4, 0.5) is 0 Å². The zero-order valence-corrected chi connectivity index (χ0v) is 23.2. The largest absolute Gasteiger partial charge is 0.489 e. The molecule has 0 spiro atoms. The summed E-state index contributed by atoms with van der Waals surface area (Å²) in [6.07, 6.45) is 0.160. The molecule has 42 heavy (non-hydrogen) atoms. The SMILES string of the molecule is O=C(CC(c1ccccc1)(c1ccccc1)c1ccccc1)N[C@@H](Cc1cccc(OCc2ccccc2)c1)C(=O)O. The van der Waals surface area contributed by atoms with Crippen LogP contribution in [0, 0.1) is 0 Å². The Hall–Kier alpha value is -5.16. The van der Waals surface area contributed by atoms with Gasteiger partial charge in [0.05, 0.1) is 5.41 Å². The van der Waals surface area contributed by atoms with Gasteiger partial charge in [0.1, 0.15) is 18.4 Å². The number of carboxylic acids is 1. The van der Waals surface area contributed by atoms with E-state index in [1.54, 1.807) is 0 Å². The summed E-state index contributed by atoms with van der Waals surface area (Å²) in [5, 5.41) is 12.9. The van der Waals surface area contributed by atoms with E-state index >= 15 is 0 Å². The van der Waals surface area contributed by atoms with Crippen molar-refractivity contribution < 1.29 is 19.4 Å². The summed E-state index contributed by atoms with van der Waals surface area (Å²) in [6.45, 7) is 0.407. The van der Waals surface area contributed by atoms with E-state index in [1.165, 1.54) is 0 Å². The summed E-state index contributed by atoms with van der Waals surface area (Å²) < 4.78 is 5.93. The van der Waals surface area contributed by atoms with Crippen LogP contribution in [0.5, 0.6) is 5.75 Å². The van der Waals surface area contributed by atoms with Crippen LogP contribution in [-0.4, -0.2) is 23.0 Å². The molecule has 1 amide bonds. The maximum atomic E-state index is 13.8. The van der Waals surface area contributed by atoms with Crippen molar-refractivity contribution in [1.29, 1.82) is 0 Å². The van der Waals surface area contributed by atoms with E-state index in [-0.39, 0.29) is 18.7 Å². The molecule has 0 saturated carbocycles. The van der Waals surface area contributed by atoms with Crippen molar-refractivity contribution >= 4 is 11.9 Å². The van der Waals surface area contributed by atoms with E-state index in [4.69, 9.17) is 4.74 Å². The molecule has 0 aliphatic rings. The minimum atomic E-state index is -1.11.